The molecular weight excluding hydrogens is 781 g/mol. The van der Waals surface area contributed by atoms with E-state index in [0.717, 1.165) is 63.7 Å². The molecule has 0 aliphatic carbocycles. The highest BCUT2D eigenvalue weighted by atomic mass is 16.6. The first-order valence-electron chi connectivity index (χ1n) is 28.4. The molecule has 0 fully saturated rings. The average molecular weight is 892 g/mol. The van der Waals surface area contributed by atoms with Gasteiger partial charge in [-0.1, -0.05) is 285 Å². The van der Waals surface area contributed by atoms with Crippen molar-refractivity contribution < 1.29 is 28.6 Å². The minimum atomic E-state index is -0.761. The number of rotatable bonds is 52. The molecule has 0 heterocycles. The second kappa shape index (κ2) is 51.4. The predicted octanol–water partition coefficient (Wildman–Crippen LogP) is 18.6. The maximum Gasteiger partial charge on any atom is 0.306 e. The summed E-state index contributed by atoms with van der Waals surface area (Å²) in [4.78, 5) is 38.1. The summed E-state index contributed by atoms with van der Waals surface area (Å²) in [5.74, 6) is -0.00982. The van der Waals surface area contributed by atoms with Crippen molar-refractivity contribution in [3.63, 3.8) is 0 Å². The molecule has 0 N–H and O–H groups in total. The summed E-state index contributed by atoms with van der Waals surface area (Å²) < 4.78 is 16.9. The van der Waals surface area contributed by atoms with Gasteiger partial charge < -0.3 is 14.2 Å². The minimum Gasteiger partial charge on any atom is -0.462 e. The fourth-order valence-electron chi connectivity index (χ4n) is 8.75. The predicted molar refractivity (Wildman–Crippen MR) is 270 cm³/mol. The van der Waals surface area contributed by atoms with E-state index in [0.29, 0.717) is 19.3 Å². The van der Waals surface area contributed by atoms with Gasteiger partial charge in [-0.15, -0.1) is 0 Å². The summed E-state index contributed by atoms with van der Waals surface area (Å²) in [5.41, 5.74) is 0. The number of carbonyl (C=O) groups excluding carboxylic acids is 3. The first kappa shape index (κ1) is 61.4. The lowest BCUT2D eigenvalue weighted by Crippen LogP contribution is -2.30. The Morgan fingerprint density at radius 2 is 0.524 bits per heavy atom. The van der Waals surface area contributed by atoms with Crippen LogP contribution in [0.4, 0.5) is 0 Å². The Bertz CT molecular complexity index is 949. The van der Waals surface area contributed by atoms with Gasteiger partial charge >= 0.3 is 17.9 Å². The van der Waals surface area contributed by atoms with E-state index in [9.17, 15) is 14.4 Å². The van der Waals surface area contributed by atoms with Crippen LogP contribution >= 0.6 is 0 Å². The van der Waals surface area contributed by atoms with E-state index in [1.54, 1.807) is 0 Å². The second-order valence-electron chi connectivity index (χ2n) is 20.1. The monoisotopic (exact) mass is 891 g/mol. The molecule has 1 atom stereocenters. The SMILES string of the molecule is CCCCCCCCCCCCCCCCCCC(=O)O[C@@H](COC(=O)CCCCCCCCCCCCCCCCC)COC(=O)CCCCCCCCCCCCCC(C)C. The summed E-state index contributed by atoms with van der Waals surface area (Å²) in [6.45, 7) is 9.05. The van der Waals surface area contributed by atoms with Crippen molar-refractivity contribution in [2.45, 2.75) is 329 Å². The van der Waals surface area contributed by atoms with E-state index in [1.807, 2.05) is 0 Å². The Kier molecular flexibility index (Phi) is 50.1. The summed E-state index contributed by atoms with van der Waals surface area (Å²) in [6, 6.07) is 0. The van der Waals surface area contributed by atoms with Crippen molar-refractivity contribution in [2.24, 2.45) is 5.92 Å². The number of unbranched alkanes of at least 4 members (excludes halogenated alkanes) is 39. The maximum absolute atomic E-state index is 12.8. The fourth-order valence-corrected chi connectivity index (χ4v) is 8.75. The molecule has 0 unspecified atom stereocenters. The molecule has 0 saturated heterocycles. The van der Waals surface area contributed by atoms with Gasteiger partial charge in [0.05, 0.1) is 0 Å². The Labute approximate surface area is 393 Å². The van der Waals surface area contributed by atoms with Crippen LogP contribution in [0.2, 0.25) is 0 Å². The molecule has 6 heteroatoms. The molecule has 0 aliphatic heterocycles. The Hall–Kier alpha value is -1.59. The molecule has 0 saturated carbocycles. The van der Waals surface area contributed by atoms with E-state index in [4.69, 9.17) is 14.2 Å². The lowest BCUT2D eigenvalue weighted by atomic mass is 10.0. The molecule has 374 valence electrons. The van der Waals surface area contributed by atoms with Crippen molar-refractivity contribution in [1.29, 1.82) is 0 Å². The van der Waals surface area contributed by atoms with Gasteiger partial charge in [0.1, 0.15) is 13.2 Å². The van der Waals surface area contributed by atoms with Crippen LogP contribution in [0.3, 0.4) is 0 Å². The Morgan fingerprint density at radius 3 is 0.778 bits per heavy atom. The number of carbonyl (C=O) groups is 3. The normalized spacial score (nSPS) is 12.0. The zero-order valence-electron chi connectivity index (χ0n) is 43.0. The zero-order chi connectivity index (χ0) is 45.9. The quantitative estimate of drug-likeness (QED) is 0.0344. The highest BCUT2D eigenvalue weighted by molar-refractivity contribution is 5.71. The van der Waals surface area contributed by atoms with Crippen LogP contribution in [0, 0.1) is 5.92 Å². The van der Waals surface area contributed by atoms with Crippen molar-refractivity contribution in [3.05, 3.63) is 0 Å². The van der Waals surface area contributed by atoms with Crippen molar-refractivity contribution in [1.82, 2.24) is 0 Å². The highest BCUT2D eigenvalue weighted by Gasteiger charge is 2.19. The molecule has 63 heavy (non-hydrogen) atoms. The summed E-state index contributed by atoms with van der Waals surface area (Å²) in [7, 11) is 0. The lowest BCUT2D eigenvalue weighted by Gasteiger charge is -2.18. The van der Waals surface area contributed by atoms with Crippen molar-refractivity contribution in [2.75, 3.05) is 13.2 Å². The fraction of sp³-hybridized carbons (Fsp3) is 0.947. The summed E-state index contributed by atoms with van der Waals surface area (Å²) in [6.07, 6.45) is 55.2. The first-order valence-corrected chi connectivity index (χ1v) is 28.4. The largest absolute Gasteiger partial charge is 0.462 e. The van der Waals surface area contributed by atoms with Gasteiger partial charge in [0.25, 0.3) is 0 Å². The van der Waals surface area contributed by atoms with E-state index >= 15 is 0 Å². The van der Waals surface area contributed by atoms with Crippen LogP contribution in [-0.4, -0.2) is 37.2 Å². The first-order chi connectivity index (χ1) is 30.9. The Balaban J connectivity index is 4.30. The van der Waals surface area contributed by atoms with Crippen LogP contribution < -0.4 is 0 Å². The van der Waals surface area contributed by atoms with Gasteiger partial charge in [-0.25, -0.2) is 0 Å². The maximum atomic E-state index is 12.8. The molecule has 0 aromatic heterocycles. The summed E-state index contributed by atoms with van der Waals surface area (Å²) in [5, 5.41) is 0. The number of ether oxygens (including phenoxy) is 3. The van der Waals surface area contributed by atoms with E-state index in [2.05, 4.69) is 27.7 Å². The lowest BCUT2D eigenvalue weighted by molar-refractivity contribution is -0.167. The zero-order valence-corrected chi connectivity index (χ0v) is 43.0. The van der Waals surface area contributed by atoms with Gasteiger partial charge in [-0.2, -0.15) is 0 Å². The minimum absolute atomic E-state index is 0.0620. The van der Waals surface area contributed by atoms with Crippen LogP contribution in [0.1, 0.15) is 323 Å². The third-order valence-electron chi connectivity index (χ3n) is 13.0. The molecule has 6 nitrogen and oxygen atoms in total. The topological polar surface area (TPSA) is 78.9 Å². The standard InChI is InChI=1S/C57H110O6/c1-5-7-9-11-13-15-17-19-21-23-25-29-34-38-42-46-50-57(60)63-54(52-62-56(59)49-45-41-37-33-30-26-27-31-35-39-43-47-53(3)4)51-61-55(58)48-44-40-36-32-28-24-22-20-18-16-14-12-10-8-6-2/h53-54H,5-52H2,1-4H3/t54-/m0/s1. The van der Waals surface area contributed by atoms with Crippen LogP contribution in [-0.2, 0) is 28.6 Å². The smallest absolute Gasteiger partial charge is 0.306 e. The number of hydrogen-bond donors (Lipinski definition) is 0. The van der Waals surface area contributed by atoms with E-state index in [1.165, 1.54) is 218 Å². The molecular formula is C57H110O6. The van der Waals surface area contributed by atoms with Crippen LogP contribution in [0.25, 0.3) is 0 Å². The molecule has 0 spiro atoms. The Morgan fingerprint density at radius 1 is 0.302 bits per heavy atom. The van der Waals surface area contributed by atoms with Crippen molar-refractivity contribution >= 4 is 17.9 Å². The molecule has 0 aliphatic rings. The molecule has 0 aromatic rings. The third-order valence-corrected chi connectivity index (χ3v) is 13.0. The summed E-state index contributed by atoms with van der Waals surface area (Å²) >= 11 is 0. The van der Waals surface area contributed by atoms with Crippen LogP contribution in [0.5, 0.6) is 0 Å². The van der Waals surface area contributed by atoms with E-state index in [-0.39, 0.29) is 31.1 Å². The molecule has 0 rings (SSSR count). The van der Waals surface area contributed by atoms with Gasteiger partial charge in [-0.05, 0) is 25.2 Å². The van der Waals surface area contributed by atoms with Gasteiger partial charge in [-0.3, -0.25) is 14.4 Å². The third kappa shape index (κ3) is 51.3. The van der Waals surface area contributed by atoms with Gasteiger partial charge in [0, 0.05) is 19.3 Å². The molecule has 0 aromatic carbocycles. The van der Waals surface area contributed by atoms with Crippen molar-refractivity contribution in [3.8, 4) is 0 Å². The molecule has 0 radical (unpaired) electrons. The number of esters is 3. The van der Waals surface area contributed by atoms with Crippen LogP contribution in [0.15, 0.2) is 0 Å². The number of hydrogen-bond acceptors (Lipinski definition) is 6. The molecule has 0 bridgehead atoms. The van der Waals surface area contributed by atoms with Gasteiger partial charge in [0.15, 0.2) is 6.10 Å². The van der Waals surface area contributed by atoms with Gasteiger partial charge in [0.2, 0.25) is 0 Å². The molecule has 0 amide bonds. The second-order valence-corrected chi connectivity index (χ2v) is 20.1. The van der Waals surface area contributed by atoms with E-state index < -0.39 is 6.10 Å². The highest BCUT2D eigenvalue weighted by Crippen LogP contribution is 2.18. The average Bonchev–Trinajstić information content (AvgIpc) is 3.27.